The fraction of sp³-hybridized carbons (Fsp3) is 0.290. The average Bonchev–Trinajstić information content (AvgIpc) is 3.81. The van der Waals surface area contributed by atoms with Gasteiger partial charge in [0.25, 0.3) is 29.4 Å². The van der Waals surface area contributed by atoms with E-state index in [0.717, 1.165) is 40.1 Å². The maximum absolute atomic E-state index is 13.7. The van der Waals surface area contributed by atoms with Crippen molar-refractivity contribution in [2.45, 2.75) is 49.1 Å². The number of nitrogen functional groups attached to an aromatic ring is 1. The first kappa shape index (κ1) is 39.7. The van der Waals surface area contributed by atoms with Crippen LogP contribution < -0.4 is 21.9 Å². The molecule has 294 valence electrons. The Morgan fingerprint density at radius 3 is 2.52 bits per heavy atom. The van der Waals surface area contributed by atoms with Gasteiger partial charge in [0.1, 0.15) is 34.4 Å². The molecule has 1 fully saturated rings. The summed E-state index contributed by atoms with van der Waals surface area (Å²) in [6.07, 6.45) is 0. The number of phenolic OH excluding ortho intramolecular Hbond substituents is 2. The smallest absolute Gasteiger partial charge is 0.352 e. The molecule has 22 nitrogen and oxygen atoms in total. The third kappa shape index (κ3) is 8.01. The first-order valence-corrected chi connectivity index (χ1v) is 18.9. The van der Waals surface area contributed by atoms with Crippen LogP contribution in [-0.2, 0) is 37.2 Å². The summed E-state index contributed by atoms with van der Waals surface area (Å²) >= 11 is 3.34. The zero-order valence-electron chi connectivity index (χ0n) is 29.0. The third-order valence-corrected chi connectivity index (χ3v) is 11.1. The number of carboxylic acids is 1. The number of aliphatic hydroxyl groups is 2. The van der Waals surface area contributed by atoms with Crippen molar-refractivity contribution >= 4 is 81.1 Å². The molecular weight excluding hydrogens is 799 g/mol. The quantitative estimate of drug-likeness (QED) is 0.0196. The molecule has 1 unspecified atom stereocenters. The van der Waals surface area contributed by atoms with Crippen LogP contribution in [0.1, 0.15) is 41.4 Å². The van der Waals surface area contributed by atoms with Crippen molar-refractivity contribution < 1.29 is 54.3 Å². The highest BCUT2D eigenvalue weighted by atomic mass is 32.2. The number of nitrogens with two attached hydrogens (primary N) is 1. The number of β-lactam (4-membered cyclic amide) rings is 1. The van der Waals surface area contributed by atoms with E-state index in [9.17, 15) is 49.5 Å². The summed E-state index contributed by atoms with van der Waals surface area (Å²) in [5.74, 6) is -5.32. The van der Waals surface area contributed by atoms with Crippen LogP contribution in [0.2, 0.25) is 0 Å². The molecule has 1 aromatic carbocycles. The molecule has 0 aliphatic carbocycles. The number of benzene rings is 1. The van der Waals surface area contributed by atoms with Crippen LogP contribution in [-0.4, -0.2) is 119 Å². The Hall–Kier alpha value is -6.02. The lowest BCUT2D eigenvalue weighted by Crippen LogP contribution is -2.71. The molecular formula is C31H31N11O11S3. The van der Waals surface area contributed by atoms with E-state index in [1.165, 1.54) is 41.6 Å². The highest BCUT2D eigenvalue weighted by molar-refractivity contribution is 8.01. The van der Waals surface area contributed by atoms with Gasteiger partial charge < -0.3 is 41.4 Å². The predicted molar refractivity (Wildman–Crippen MR) is 197 cm³/mol. The van der Waals surface area contributed by atoms with Gasteiger partial charge in [-0.1, -0.05) is 5.16 Å². The highest BCUT2D eigenvalue weighted by Crippen LogP contribution is 2.42. The Morgan fingerprint density at radius 2 is 1.86 bits per heavy atom. The van der Waals surface area contributed by atoms with Gasteiger partial charge in [-0.2, -0.15) is 9.50 Å². The molecule has 0 radical (unpaired) electrons. The number of fused-ring (bicyclic) bond motifs is 2. The standard InChI is InChI=1S/C31H31N11O11S3/c1-31(2,28(52)38-37-23(47)12-3-4-16(45)17(46)5-12)53-40-20(15-11-56-29(32)34-15)24(48)36-21-25(49)41-22(27(50)51)13(10-55-26(21)41)9-54-19-6-14(7-43)33-30-35-18(8-44)39-42(19)30/h3-6,11,21,26,43-46H,7-10H2,1-2H3,(H2,32,34)(H,36,48)(H,37,47)(H,38,52)(H,50,51)/t21?,26-/m0/s1. The maximum atomic E-state index is 13.7. The van der Waals surface area contributed by atoms with Gasteiger partial charge in [0.05, 0.1) is 12.3 Å². The van der Waals surface area contributed by atoms with E-state index in [0.29, 0.717) is 10.6 Å². The number of nitrogens with one attached hydrogen (secondary N) is 3. The van der Waals surface area contributed by atoms with E-state index >= 15 is 0 Å². The van der Waals surface area contributed by atoms with E-state index in [1.54, 1.807) is 6.07 Å². The second kappa shape index (κ2) is 16.0. The number of aromatic hydroxyl groups is 2. The fourth-order valence-corrected chi connectivity index (χ4v) is 8.20. The summed E-state index contributed by atoms with van der Waals surface area (Å²) in [5, 5.41) is 60.1. The van der Waals surface area contributed by atoms with E-state index in [4.69, 9.17) is 10.6 Å². The molecule has 0 saturated carbocycles. The normalized spacial score (nSPS) is 17.0. The van der Waals surface area contributed by atoms with Gasteiger partial charge in [0.15, 0.2) is 28.2 Å². The summed E-state index contributed by atoms with van der Waals surface area (Å²) in [7, 11) is 0. The van der Waals surface area contributed by atoms with Gasteiger partial charge in [-0.05, 0) is 43.7 Å². The molecule has 4 aromatic rings. The number of rotatable bonds is 13. The van der Waals surface area contributed by atoms with Crippen molar-refractivity contribution in [3.05, 3.63) is 63.7 Å². The van der Waals surface area contributed by atoms with Crippen molar-refractivity contribution in [2.24, 2.45) is 5.16 Å². The molecule has 2 atom stereocenters. The maximum Gasteiger partial charge on any atom is 0.352 e. The number of aliphatic carboxylic acids is 1. The van der Waals surface area contributed by atoms with Gasteiger partial charge in [-0.3, -0.25) is 34.9 Å². The number of hydrogen-bond acceptors (Lipinski definition) is 19. The number of anilines is 1. The minimum absolute atomic E-state index is 0.0555. The van der Waals surface area contributed by atoms with Crippen LogP contribution >= 0.6 is 34.9 Å². The zero-order valence-corrected chi connectivity index (χ0v) is 31.4. The second-order valence-electron chi connectivity index (χ2n) is 12.3. The first-order chi connectivity index (χ1) is 26.6. The summed E-state index contributed by atoms with van der Waals surface area (Å²) in [6, 6.07) is 3.61. The molecule has 4 amide bonds. The van der Waals surface area contributed by atoms with Crippen molar-refractivity contribution in [3.8, 4) is 11.5 Å². The lowest BCUT2D eigenvalue weighted by molar-refractivity contribution is -0.150. The Bertz CT molecular complexity index is 2330. The summed E-state index contributed by atoms with van der Waals surface area (Å²) in [4.78, 5) is 83.9. The van der Waals surface area contributed by atoms with Crippen molar-refractivity contribution in [2.75, 3.05) is 17.2 Å². The average molecular weight is 830 g/mol. The number of carbonyl (C=O) groups excluding carboxylic acids is 4. The molecule has 2 aliphatic rings. The van der Waals surface area contributed by atoms with E-state index < -0.39 is 77.0 Å². The molecule has 6 rings (SSSR count). The number of carboxylic acid groups (broad SMARTS) is 1. The topological polar surface area (TPSA) is 329 Å². The Kier molecular flexibility index (Phi) is 11.3. The van der Waals surface area contributed by atoms with Gasteiger partial charge in [0.2, 0.25) is 5.60 Å². The number of thioether (sulfide) groups is 2. The number of oxime groups is 1. The Labute approximate surface area is 326 Å². The van der Waals surface area contributed by atoms with E-state index in [1.807, 2.05) is 0 Å². The molecule has 0 bridgehead atoms. The minimum Gasteiger partial charge on any atom is -0.504 e. The van der Waals surface area contributed by atoms with Crippen LogP contribution in [0.3, 0.4) is 0 Å². The number of nitrogens with zero attached hydrogens (tertiary/aromatic N) is 7. The first-order valence-electron chi connectivity index (χ1n) is 16.0. The molecule has 56 heavy (non-hydrogen) atoms. The van der Waals surface area contributed by atoms with Gasteiger partial charge in [0, 0.05) is 22.4 Å². The Morgan fingerprint density at radius 1 is 1.09 bits per heavy atom. The lowest BCUT2D eigenvalue weighted by atomic mass is 10.0. The number of carbonyl (C=O) groups is 5. The molecule has 1 saturated heterocycles. The lowest BCUT2D eigenvalue weighted by Gasteiger charge is -2.49. The van der Waals surface area contributed by atoms with Gasteiger partial charge in [-0.15, -0.1) is 40.0 Å². The van der Waals surface area contributed by atoms with Crippen LogP contribution in [0.5, 0.6) is 11.5 Å². The number of hydrazine groups is 1. The minimum atomic E-state index is -1.83. The molecule has 10 N–H and O–H groups in total. The fourth-order valence-electron chi connectivity index (χ4n) is 5.15. The number of hydrogen-bond donors (Lipinski definition) is 9. The number of amides is 4. The van der Waals surface area contributed by atoms with Crippen LogP contribution in [0, 0.1) is 0 Å². The largest absolute Gasteiger partial charge is 0.504 e. The Balaban J connectivity index is 1.15. The van der Waals surface area contributed by atoms with E-state index in [2.05, 4.69) is 41.4 Å². The number of aliphatic hydroxyl groups excluding tert-OH is 2. The number of thiazole rings is 1. The summed E-state index contributed by atoms with van der Waals surface area (Å²) in [5.41, 5.74) is 8.03. The SMILES string of the molecule is CC(C)(ON=C(C(=O)NC1C(=O)N2C(C(=O)O)=C(CSc3cc(CO)nc4nc(CO)nn34)CS[C@@H]12)c1csc(N)n1)C(=O)NNC(=O)c1ccc(O)c(O)c1. The van der Waals surface area contributed by atoms with Crippen LogP contribution in [0.4, 0.5) is 5.13 Å². The zero-order chi connectivity index (χ0) is 40.5. The third-order valence-electron chi connectivity index (χ3n) is 8.03. The number of aromatic nitrogens is 5. The van der Waals surface area contributed by atoms with Crippen LogP contribution in [0.15, 0.2) is 51.1 Å². The van der Waals surface area contributed by atoms with Crippen molar-refractivity contribution in [1.29, 1.82) is 0 Å². The number of phenols is 2. The van der Waals surface area contributed by atoms with Crippen LogP contribution in [0.25, 0.3) is 5.78 Å². The monoisotopic (exact) mass is 829 g/mol. The molecule has 5 heterocycles. The summed E-state index contributed by atoms with van der Waals surface area (Å²) < 4.78 is 1.35. The highest BCUT2D eigenvalue weighted by Gasteiger charge is 2.54. The molecule has 25 heteroatoms. The van der Waals surface area contributed by atoms with Gasteiger partial charge >= 0.3 is 5.97 Å². The predicted octanol–water partition coefficient (Wildman–Crippen LogP) is -0.950. The second-order valence-corrected chi connectivity index (χ2v) is 15.3. The molecule has 2 aliphatic heterocycles. The van der Waals surface area contributed by atoms with E-state index in [-0.39, 0.29) is 50.9 Å². The molecule has 0 spiro atoms. The van der Waals surface area contributed by atoms with Gasteiger partial charge in [-0.25, -0.2) is 14.8 Å². The van der Waals surface area contributed by atoms with Crippen molar-refractivity contribution in [1.82, 2.24) is 45.6 Å². The van der Waals surface area contributed by atoms with Crippen molar-refractivity contribution in [3.63, 3.8) is 0 Å². The molecule has 3 aromatic heterocycles. The summed E-state index contributed by atoms with van der Waals surface area (Å²) in [6.45, 7) is 1.70.